The van der Waals surface area contributed by atoms with E-state index in [0.717, 1.165) is 21.2 Å². The summed E-state index contributed by atoms with van der Waals surface area (Å²) < 4.78 is 5.13. The maximum atomic E-state index is 11.2. The van der Waals surface area contributed by atoms with Gasteiger partial charge in [0.1, 0.15) is 5.01 Å². The molecule has 0 saturated carbocycles. The van der Waals surface area contributed by atoms with E-state index in [9.17, 15) is 4.79 Å². The van der Waals surface area contributed by atoms with Crippen LogP contribution in [0.5, 0.6) is 0 Å². The van der Waals surface area contributed by atoms with Gasteiger partial charge in [-0.2, -0.15) is 5.10 Å². The van der Waals surface area contributed by atoms with Crippen LogP contribution in [0.1, 0.15) is 9.88 Å². The van der Waals surface area contributed by atoms with Crippen molar-refractivity contribution in [3.8, 4) is 0 Å². The summed E-state index contributed by atoms with van der Waals surface area (Å²) in [5.41, 5.74) is 0. The van der Waals surface area contributed by atoms with Crippen molar-refractivity contribution in [3.05, 3.63) is 25.7 Å². The first-order valence-corrected chi connectivity index (χ1v) is 5.15. The Morgan fingerprint density at radius 2 is 2.46 bits per heavy atom. The van der Waals surface area contributed by atoms with Crippen LogP contribution >= 0.6 is 22.9 Å². The van der Waals surface area contributed by atoms with Crippen LogP contribution < -0.4 is 4.87 Å². The fraction of sp³-hybridized carbons (Fsp3) is 0.333. The minimum absolute atomic E-state index is 0.0362. The highest BCUT2D eigenvalue weighted by Crippen LogP contribution is 2.04. The minimum atomic E-state index is -0.0362. The van der Waals surface area contributed by atoms with Crippen molar-refractivity contribution < 1.29 is 0 Å². The van der Waals surface area contributed by atoms with Crippen LogP contribution in [0.2, 0.25) is 0 Å². The van der Waals surface area contributed by atoms with Gasteiger partial charge in [0.25, 0.3) is 0 Å². The Balaban J connectivity index is 2.28. The van der Waals surface area contributed by atoms with Gasteiger partial charge in [0.15, 0.2) is 0 Å². The third-order valence-corrected chi connectivity index (χ3v) is 2.83. The molecule has 0 unspecified atom stereocenters. The molecule has 0 aliphatic carbocycles. The van der Waals surface area contributed by atoms with Crippen molar-refractivity contribution in [3.63, 3.8) is 0 Å². The third-order valence-electron chi connectivity index (χ3n) is 1.42. The number of aryl methyl sites for hydroxylation is 1. The third kappa shape index (κ3) is 1.81. The maximum Gasteiger partial charge on any atom is 0.325 e. The fourth-order valence-electron chi connectivity index (χ4n) is 0.915. The highest BCUT2D eigenvalue weighted by atomic mass is 32.1. The summed E-state index contributed by atoms with van der Waals surface area (Å²) in [6, 6.07) is 0. The molecule has 0 amide bonds. The van der Waals surface area contributed by atoms with Gasteiger partial charge in [-0.1, -0.05) is 15.8 Å². The molecule has 2 rings (SSSR count). The average Bonchev–Trinajstić information content (AvgIpc) is 2.63. The molecule has 0 atom stereocenters. The predicted molar refractivity (Wildman–Crippen MR) is 50.1 cm³/mol. The van der Waals surface area contributed by atoms with Crippen LogP contribution in [-0.4, -0.2) is 19.4 Å². The quantitative estimate of drug-likeness (QED) is 0.731. The van der Waals surface area contributed by atoms with Crippen molar-refractivity contribution in [1.29, 1.82) is 0 Å². The summed E-state index contributed by atoms with van der Waals surface area (Å²) in [6.07, 6.45) is 1.64. The van der Waals surface area contributed by atoms with Gasteiger partial charge in [0, 0.05) is 0 Å². The molecule has 5 nitrogen and oxygen atoms in total. The van der Waals surface area contributed by atoms with Gasteiger partial charge in [-0.15, -0.1) is 5.10 Å². The Labute approximate surface area is 81.8 Å². The van der Waals surface area contributed by atoms with E-state index < -0.39 is 0 Å². The lowest BCUT2D eigenvalue weighted by Crippen LogP contribution is -2.14. The zero-order valence-electron chi connectivity index (χ0n) is 6.80. The molecular formula is C6H6N4OS2. The fourth-order valence-corrected chi connectivity index (χ4v) is 1.99. The molecule has 2 aromatic rings. The van der Waals surface area contributed by atoms with Crippen LogP contribution in [0.25, 0.3) is 0 Å². The standard InChI is InChI=1S/C6H6N4OS2/c1-4-8-10(6(11)12-4)3-5-2-7-9-13-5/h2H,3H2,1H3. The maximum absolute atomic E-state index is 11.2. The largest absolute Gasteiger partial charge is 0.325 e. The van der Waals surface area contributed by atoms with Gasteiger partial charge in [0.2, 0.25) is 0 Å². The molecule has 0 spiro atoms. The summed E-state index contributed by atoms with van der Waals surface area (Å²) in [5.74, 6) is 0. The van der Waals surface area contributed by atoms with Gasteiger partial charge in [-0.05, 0) is 18.5 Å². The summed E-state index contributed by atoms with van der Waals surface area (Å²) in [4.78, 5) is 12.2. The molecule has 0 aliphatic rings. The highest BCUT2D eigenvalue weighted by Gasteiger charge is 2.04. The number of rotatable bonds is 2. The summed E-state index contributed by atoms with van der Waals surface area (Å²) in [6.45, 7) is 2.29. The van der Waals surface area contributed by atoms with E-state index >= 15 is 0 Å². The molecular weight excluding hydrogens is 208 g/mol. The summed E-state index contributed by atoms with van der Waals surface area (Å²) in [5, 5.41) is 8.52. The van der Waals surface area contributed by atoms with Crippen LogP contribution in [0, 0.1) is 6.92 Å². The molecule has 0 aliphatic heterocycles. The van der Waals surface area contributed by atoms with Crippen LogP contribution in [-0.2, 0) is 6.54 Å². The number of nitrogens with zero attached hydrogens (tertiary/aromatic N) is 4. The lowest BCUT2D eigenvalue weighted by Gasteiger charge is -1.92. The Morgan fingerprint density at radius 1 is 1.62 bits per heavy atom. The lowest BCUT2D eigenvalue weighted by molar-refractivity contribution is 0.665. The SMILES string of the molecule is Cc1nn(Cc2cnns2)c(=O)s1. The van der Waals surface area contributed by atoms with Crippen LogP contribution in [0.15, 0.2) is 11.0 Å². The molecule has 13 heavy (non-hydrogen) atoms. The zero-order chi connectivity index (χ0) is 9.26. The Hall–Kier alpha value is -1.08. The van der Waals surface area contributed by atoms with Crippen LogP contribution in [0.3, 0.4) is 0 Å². The van der Waals surface area contributed by atoms with Crippen molar-refractivity contribution >= 4 is 22.9 Å². The first-order chi connectivity index (χ1) is 6.25. The van der Waals surface area contributed by atoms with E-state index in [1.165, 1.54) is 16.2 Å². The van der Waals surface area contributed by atoms with E-state index in [-0.39, 0.29) is 4.87 Å². The molecule has 0 aromatic carbocycles. The Kier molecular flexibility index (Phi) is 2.19. The van der Waals surface area contributed by atoms with Crippen molar-refractivity contribution in [2.75, 3.05) is 0 Å². The van der Waals surface area contributed by atoms with Crippen molar-refractivity contribution in [2.24, 2.45) is 0 Å². The first-order valence-electron chi connectivity index (χ1n) is 3.56. The summed E-state index contributed by atoms with van der Waals surface area (Å²) in [7, 11) is 0. The number of hydrogen-bond acceptors (Lipinski definition) is 6. The molecule has 0 fully saturated rings. The number of hydrogen-bond donors (Lipinski definition) is 0. The van der Waals surface area contributed by atoms with E-state index in [1.54, 1.807) is 6.20 Å². The molecule has 68 valence electrons. The summed E-state index contributed by atoms with van der Waals surface area (Å²) >= 11 is 2.43. The molecule has 2 aromatic heterocycles. The smallest absolute Gasteiger partial charge is 0.255 e. The molecule has 0 bridgehead atoms. The number of aromatic nitrogens is 4. The van der Waals surface area contributed by atoms with Gasteiger partial charge in [-0.25, -0.2) is 4.68 Å². The second kappa shape index (κ2) is 3.35. The highest BCUT2D eigenvalue weighted by molar-refractivity contribution is 7.08. The topological polar surface area (TPSA) is 60.7 Å². The van der Waals surface area contributed by atoms with Gasteiger partial charge >= 0.3 is 4.87 Å². The van der Waals surface area contributed by atoms with Gasteiger partial charge in [0.05, 0.1) is 17.6 Å². The predicted octanol–water partition coefficient (Wildman–Crippen LogP) is 0.513. The van der Waals surface area contributed by atoms with Crippen LogP contribution in [0.4, 0.5) is 0 Å². The van der Waals surface area contributed by atoms with Crippen molar-refractivity contribution in [1.82, 2.24) is 19.4 Å². The molecule has 0 saturated heterocycles. The minimum Gasteiger partial charge on any atom is -0.255 e. The van der Waals surface area contributed by atoms with E-state index in [0.29, 0.717) is 6.54 Å². The zero-order valence-corrected chi connectivity index (χ0v) is 8.43. The van der Waals surface area contributed by atoms with E-state index in [4.69, 9.17) is 0 Å². The van der Waals surface area contributed by atoms with E-state index in [2.05, 4.69) is 14.7 Å². The monoisotopic (exact) mass is 214 g/mol. The Bertz CT molecular complexity index is 443. The lowest BCUT2D eigenvalue weighted by atomic mass is 10.5. The normalized spacial score (nSPS) is 10.5. The van der Waals surface area contributed by atoms with Gasteiger partial charge < -0.3 is 0 Å². The first kappa shape index (κ1) is 8.52. The van der Waals surface area contributed by atoms with Crippen molar-refractivity contribution in [2.45, 2.75) is 13.5 Å². The average molecular weight is 214 g/mol. The van der Waals surface area contributed by atoms with Gasteiger partial charge in [-0.3, -0.25) is 4.79 Å². The Morgan fingerprint density at radius 3 is 3.00 bits per heavy atom. The molecule has 0 N–H and O–H groups in total. The second-order valence-corrected chi connectivity index (χ2v) is 4.44. The molecule has 0 radical (unpaired) electrons. The molecule has 2 heterocycles. The molecule has 7 heteroatoms. The second-order valence-electron chi connectivity index (χ2n) is 2.43. The van der Waals surface area contributed by atoms with E-state index in [1.807, 2.05) is 6.92 Å².